The van der Waals surface area contributed by atoms with E-state index in [2.05, 4.69) is 12.1 Å². The molecule has 22 heavy (non-hydrogen) atoms. The number of nitrogens with zero attached hydrogens (tertiary/aromatic N) is 1. The predicted octanol–water partition coefficient (Wildman–Crippen LogP) is 2.80. The first-order chi connectivity index (χ1) is 10.6. The summed E-state index contributed by atoms with van der Waals surface area (Å²) < 4.78 is 5.84. The molecule has 0 spiro atoms. The molecule has 4 nitrogen and oxygen atoms in total. The summed E-state index contributed by atoms with van der Waals surface area (Å²) in [5.74, 6) is 0.980. The van der Waals surface area contributed by atoms with Crippen LogP contribution in [-0.2, 0) is 4.79 Å². The normalized spacial score (nSPS) is 12.1. The highest BCUT2D eigenvalue weighted by Gasteiger charge is 2.13. The lowest BCUT2D eigenvalue weighted by Gasteiger charge is -2.23. The average Bonchev–Trinajstić information content (AvgIpc) is 2.57. The summed E-state index contributed by atoms with van der Waals surface area (Å²) in [6.45, 7) is 2.96. The standard InChI is InChI=1S/C18H24N2O2/c1-14(13-19)20(2)18(21)11-6-12-22-17-10-5-8-15-7-3-4-9-16(15)17/h3-5,7-10,14H,6,11-13,19H2,1-2H3. The average molecular weight is 300 g/mol. The molecule has 0 bridgehead atoms. The molecule has 0 aliphatic rings. The van der Waals surface area contributed by atoms with Gasteiger partial charge in [-0.05, 0) is 24.8 Å². The van der Waals surface area contributed by atoms with Crippen molar-refractivity contribution in [3.05, 3.63) is 42.5 Å². The van der Waals surface area contributed by atoms with Crippen molar-refractivity contribution in [2.75, 3.05) is 20.2 Å². The molecule has 1 unspecified atom stereocenters. The molecule has 4 heteroatoms. The van der Waals surface area contributed by atoms with Gasteiger partial charge in [-0.2, -0.15) is 0 Å². The van der Waals surface area contributed by atoms with Crippen LogP contribution in [0.25, 0.3) is 10.8 Å². The molecule has 118 valence electrons. The van der Waals surface area contributed by atoms with Crippen molar-refractivity contribution in [1.29, 1.82) is 0 Å². The van der Waals surface area contributed by atoms with Crippen LogP contribution in [0.15, 0.2) is 42.5 Å². The molecule has 0 saturated heterocycles. The second-order valence-electron chi connectivity index (χ2n) is 5.52. The number of carbonyl (C=O) groups excluding carboxylic acids is 1. The molecule has 0 aromatic heterocycles. The third kappa shape index (κ3) is 3.98. The Bertz CT molecular complexity index is 622. The van der Waals surface area contributed by atoms with Crippen molar-refractivity contribution in [3.8, 4) is 5.75 Å². The first-order valence-electron chi connectivity index (χ1n) is 7.69. The number of benzene rings is 2. The van der Waals surface area contributed by atoms with Crippen LogP contribution in [0.4, 0.5) is 0 Å². The molecule has 2 aromatic rings. The van der Waals surface area contributed by atoms with Crippen molar-refractivity contribution >= 4 is 16.7 Å². The number of hydrogen-bond acceptors (Lipinski definition) is 3. The van der Waals surface area contributed by atoms with E-state index >= 15 is 0 Å². The number of nitrogens with two attached hydrogens (primary N) is 1. The zero-order valence-electron chi connectivity index (χ0n) is 13.3. The Morgan fingerprint density at radius 2 is 1.95 bits per heavy atom. The minimum Gasteiger partial charge on any atom is -0.493 e. The molecular weight excluding hydrogens is 276 g/mol. The Morgan fingerprint density at radius 1 is 1.23 bits per heavy atom. The first-order valence-corrected chi connectivity index (χ1v) is 7.69. The van der Waals surface area contributed by atoms with Gasteiger partial charge in [-0.1, -0.05) is 36.4 Å². The highest BCUT2D eigenvalue weighted by molar-refractivity contribution is 5.88. The van der Waals surface area contributed by atoms with Crippen LogP contribution in [0.5, 0.6) is 5.75 Å². The van der Waals surface area contributed by atoms with Gasteiger partial charge in [0.15, 0.2) is 0 Å². The topological polar surface area (TPSA) is 55.6 Å². The number of ether oxygens (including phenoxy) is 1. The molecule has 1 amide bonds. The number of likely N-dealkylation sites (N-methyl/N-ethyl adjacent to an activating group) is 1. The van der Waals surface area contributed by atoms with Crippen molar-refractivity contribution in [3.63, 3.8) is 0 Å². The van der Waals surface area contributed by atoms with E-state index in [9.17, 15) is 4.79 Å². The van der Waals surface area contributed by atoms with E-state index in [0.717, 1.165) is 16.5 Å². The summed E-state index contributed by atoms with van der Waals surface area (Å²) in [7, 11) is 1.80. The highest BCUT2D eigenvalue weighted by atomic mass is 16.5. The van der Waals surface area contributed by atoms with Gasteiger partial charge in [-0.15, -0.1) is 0 Å². The Morgan fingerprint density at radius 3 is 2.73 bits per heavy atom. The lowest BCUT2D eigenvalue weighted by atomic mass is 10.1. The minimum atomic E-state index is 0.0754. The van der Waals surface area contributed by atoms with Crippen molar-refractivity contribution in [2.24, 2.45) is 5.73 Å². The Labute approximate surface area is 131 Å². The zero-order chi connectivity index (χ0) is 15.9. The Hall–Kier alpha value is -2.07. The first kappa shape index (κ1) is 16.3. The van der Waals surface area contributed by atoms with Crippen LogP contribution in [0.2, 0.25) is 0 Å². The van der Waals surface area contributed by atoms with Crippen LogP contribution in [0.1, 0.15) is 19.8 Å². The van der Waals surface area contributed by atoms with E-state index in [0.29, 0.717) is 26.0 Å². The summed E-state index contributed by atoms with van der Waals surface area (Å²) in [6, 6.07) is 14.2. The summed E-state index contributed by atoms with van der Waals surface area (Å²) in [4.78, 5) is 13.7. The fourth-order valence-corrected chi connectivity index (χ4v) is 2.31. The minimum absolute atomic E-state index is 0.0754. The maximum atomic E-state index is 12.0. The lowest BCUT2D eigenvalue weighted by Crippen LogP contribution is -2.39. The van der Waals surface area contributed by atoms with Gasteiger partial charge in [0.05, 0.1) is 6.61 Å². The molecule has 2 aromatic carbocycles. The smallest absolute Gasteiger partial charge is 0.222 e. The van der Waals surface area contributed by atoms with Crippen LogP contribution >= 0.6 is 0 Å². The van der Waals surface area contributed by atoms with E-state index < -0.39 is 0 Å². The molecule has 0 aliphatic heterocycles. The third-order valence-corrected chi connectivity index (χ3v) is 3.94. The molecule has 0 aliphatic carbocycles. The largest absolute Gasteiger partial charge is 0.493 e. The molecule has 0 radical (unpaired) electrons. The molecule has 2 N–H and O–H groups in total. The number of amides is 1. The Kier molecular flexibility index (Phi) is 5.78. The van der Waals surface area contributed by atoms with E-state index in [-0.39, 0.29) is 11.9 Å². The van der Waals surface area contributed by atoms with Crippen molar-refractivity contribution < 1.29 is 9.53 Å². The SMILES string of the molecule is CC(CN)N(C)C(=O)CCCOc1cccc2ccccc12. The van der Waals surface area contributed by atoms with Crippen LogP contribution < -0.4 is 10.5 Å². The third-order valence-electron chi connectivity index (χ3n) is 3.94. The summed E-state index contributed by atoms with van der Waals surface area (Å²) >= 11 is 0. The number of rotatable bonds is 7. The van der Waals surface area contributed by atoms with Gasteiger partial charge in [0.1, 0.15) is 5.75 Å². The van der Waals surface area contributed by atoms with Gasteiger partial charge >= 0.3 is 0 Å². The van der Waals surface area contributed by atoms with E-state index in [1.54, 1.807) is 11.9 Å². The van der Waals surface area contributed by atoms with Gasteiger partial charge in [-0.3, -0.25) is 4.79 Å². The molecule has 2 rings (SSSR count). The zero-order valence-corrected chi connectivity index (χ0v) is 13.3. The Balaban J connectivity index is 1.85. The fraction of sp³-hybridized carbons (Fsp3) is 0.389. The van der Waals surface area contributed by atoms with Crippen LogP contribution in [-0.4, -0.2) is 37.0 Å². The van der Waals surface area contributed by atoms with Gasteiger partial charge in [-0.25, -0.2) is 0 Å². The fourth-order valence-electron chi connectivity index (χ4n) is 2.31. The molecule has 1 atom stereocenters. The quantitative estimate of drug-likeness (QED) is 0.800. The second kappa shape index (κ2) is 7.80. The molecular formula is C18H24N2O2. The van der Waals surface area contributed by atoms with E-state index in [1.165, 1.54) is 0 Å². The summed E-state index contributed by atoms with van der Waals surface area (Å²) in [5.41, 5.74) is 5.58. The monoisotopic (exact) mass is 300 g/mol. The summed E-state index contributed by atoms with van der Waals surface area (Å²) in [5, 5.41) is 2.26. The second-order valence-corrected chi connectivity index (χ2v) is 5.52. The lowest BCUT2D eigenvalue weighted by molar-refractivity contribution is -0.131. The maximum absolute atomic E-state index is 12.0. The van der Waals surface area contributed by atoms with Gasteiger partial charge in [0.2, 0.25) is 5.91 Å². The van der Waals surface area contributed by atoms with Crippen LogP contribution in [0.3, 0.4) is 0 Å². The van der Waals surface area contributed by atoms with E-state index in [4.69, 9.17) is 10.5 Å². The van der Waals surface area contributed by atoms with Crippen molar-refractivity contribution in [2.45, 2.75) is 25.8 Å². The number of fused-ring (bicyclic) bond motifs is 1. The maximum Gasteiger partial charge on any atom is 0.222 e. The van der Waals surface area contributed by atoms with E-state index in [1.807, 2.05) is 37.3 Å². The molecule has 0 fully saturated rings. The number of carbonyl (C=O) groups is 1. The highest BCUT2D eigenvalue weighted by Crippen LogP contribution is 2.25. The molecule has 0 heterocycles. The molecule has 0 saturated carbocycles. The number of hydrogen-bond donors (Lipinski definition) is 1. The van der Waals surface area contributed by atoms with Gasteiger partial charge in [0.25, 0.3) is 0 Å². The summed E-state index contributed by atoms with van der Waals surface area (Å²) in [6.07, 6.45) is 1.18. The van der Waals surface area contributed by atoms with Gasteiger partial charge in [0, 0.05) is 31.4 Å². The van der Waals surface area contributed by atoms with Crippen LogP contribution in [0, 0.1) is 0 Å². The van der Waals surface area contributed by atoms with Crippen molar-refractivity contribution in [1.82, 2.24) is 4.90 Å². The predicted molar refractivity (Wildman–Crippen MR) is 90.0 cm³/mol. The van der Waals surface area contributed by atoms with Gasteiger partial charge < -0.3 is 15.4 Å².